The molecule has 1 aliphatic carbocycles. The maximum Gasteiger partial charge on any atom is 0.203 e. The minimum atomic E-state index is 0.281. The average Bonchev–Trinajstić information content (AvgIpc) is 2.87. The Morgan fingerprint density at radius 2 is 2.05 bits per heavy atom. The van der Waals surface area contributed by atoms with E-state index in [0.29, 0.717) is 12.3 Å². The lowest BCUT2D eigenvalue weighted by Gasteiger charge is -2.43. The van der Waals surface area contributed by atoms with E-state index in [2.05, 4.69) is 24.3 Å². The molecule has 0 radical (unpaired) electrons. The van der Waals surface area contributed by atoms with Gasteiger partial charge in [-0.25, -0.2) is 0 Å². The highest BCUT2D eigenvalue weighted by Gasteiger charge is 2.33. The van der Waals surface area contributed by atoms with Crippen LogP contribution in [-0.2, 0) is 6.54 Å². The van der Waals surface area contributed by atoms with Crippen LogP contribution in [0, 0.1) is 11.3 Å². The van der Waals surface area contributed by atoms with Gasteiger partial charge in [-0.05, 0) is 39.1 Å². The van der Waals surface area contributed by atoms with Crippen LogP contribution in [-0.4, -0.2) is 31.1 Å². The third-order valence-corrected chi connectivity index (χ3v) is 4.26. The van der Waals surface area contributed by atoms with Crippen LogP contribution in [0.5, 0.6) is 0 Å². The van der Waals surface area contributed by atoms with Gasteiger partial charge in [0.2, 0.25) is 5.76 Å². The molecule has 0 aromatic carbocycles. The number of furan rings is 1. The minimum Gasteiger partial charge on any atom is -0.449 e. The number of nitriles is 1. The predicted octanol–water partition coefficient (Wildman–Crippen LogP) is 2.51. The van der Waals surface area contributed by atoms with Gasteiger partial charge in [0.25, 0.3) is 0 Å². The molecule has 2 rings (SSSR count). The number of hydrogen-bond acceptors (Lipinski definition) is 4. The first-order chi connectivity index (χ1) is 9.16. The van der Waals surface area contributed by atoms with Crippen molar-refractivity contribution in [1.82, 2.24) is 10.2 Å². The molecule has 4 nitrogen and oxygen atoms in total. The molecule has 104 valence electrons. The molecule has 1 saturated carbocycles. The zero-order valence-corrected chi connectivity index (χ0v) is 11.9. The Hall–Kier alpha value is -1.31. The molecule has 0 spiro atoms. The molecule has 0 amide bonds. The smallest absolute Gasteiger partial charge is 0.203 e. The fourth-order valence-corrected chi connectivity index (χ4v) is 2.94. The molecule has 1 fully saturated rings. The van der Waals surface area contributed by atoms with Gasteiger partial charge in [0, 0.05) is 12.1 Å². The first-order valence-electron chi connectivity index (χ1n) is 7.03. The molecule has 0 atom stereocenters. The van der Waals surface area contributed by atoms with E-state index in [1.54, 1.807) is 6.07 Å². The number of rotatable bonds is 5. The van der Waals surface area contributed by atoms with Gasteiger partial charge in [0.05, 0.1) is 6.54 Å². The van der Waals surface area contributed by atoms with E-state index in [0.717, 1.165) is 12.3 Å². The summed E-state index contributed by atoms with van der Waals surface area (Å²) in [6.07, 6.45) is 6.51. The number of likely N-dealkylation sites (N-methyl/N-ethyl adjacent to an activating group) is 1. The van der Waals surface area contributed by atoms with Crippen LogP contribution in [0.3, 0.4) is 0 Å². The van der Waals surface area contributed by atoms with Gasteiger partial charge in [-0.1, -0.05) is 19.3 Å². The standard InChI is InChI=1S/C15H23N3O/c1-18(2)15(8-4-3-5-9-15)12-17-11-14-7-6-13(10-16)19-14/h6-7,17H,3-5,8-9,11-12H2,1-2H3. The topological polar surface area (TPSA) is 52.2 Å². The highest BCUT2D eigenvalue weighted by atomic mass is 16.3. The summed E-state index contributed by atoms with van der Waals surface area (Å²) in [7, 11) is 4.35. The summed E-state index contributed by atoms with van der Waals surface area (Å²) in [4.78, 5) is 2.36. The minimum absolute atomic E-state index is 0.281. The van der Waals surface area contributed by atoms with E-state index in [1.807, 2.05) is 12.1 Å². The molecule has 19 heavy (non-hydrogen) atoms. The Kier molecular flexibility index (Phi) is 4.62. The van der Waals surface area contributed by atoms with Crippen LogP contribution in [0.2, 0.25) is 0 Å². The monoisotopic (exact) mass is 261 g/mol. The van der Waals surface area contributed by atoms with Gasteiger partial charge in [-0.15, -0.1) is 0 Å². The Morgan fingerprint density at radius 3 is 2.63 bits per heavy atom. The van der Waals surface area contributed by atoms with E-state index in [4.69, 9.17) is 9.68 Å². The highest BCUT2D eigenvalue weighted by molar-refractivity contribution is 5.19. The molecule has 0 aliphatic heterocycles. The van der Waals surface area contributed by atoms with Gasteiger partial charge in [-0.2, -0.15) is 5.26 Å². The molecule has 0 unspecified atom stereocenters. The Labute approximate surface area is 115 Å². The van der Waals surface area contributed by atoms with Crippen molar-refractivity contribution in [3.8, 4) is 6.07 Å². The first-order valence-corrected chi connectivity index (χ1v) is 7.03. The molecule has 1 N–H and O–H groups in total. The molecule has 1 aromatic rings. The van der Waals surface area contributed by atoms with Crippen molar-refractivity contribution in [1.29, 1.82) is 5.26 Å². The van der Waals surface area contributed by atoms with Crippen LogP contribution in [0.4, 0.5) is 0 Å². The molecular weight excluding hydrogens is 238 g/mol. The summed E-state index contributed by atoms with van der Waals surface area (Å²) in [5.41, 5.74) is 0.281. The van der Waals surface area contributed by atoms with Crippen LogP contribution >= 0.6 is 0 Å². The van der Waals surface area contributed by atoms with Crippen molar-refractivity contribution in [2.24, 2.45) is 0 Å². The lowest BCUT2D eigenvalue weighted by molar-refractivity contribution is 0.0978. The van der Waals surface area contributed by atoms with Gasteiger partial charge < -0.3 is 14.6 Å². The molecule has 1 aliphatic rings. The third-order valence-electron chi connectivity index (χ3n) is 4.26. The SMILES string of the molecule is CN(C)C1(CNCc2ccc(C#N)o2)CCCCC1. The van der Waals surface area contributed by atoms with Crippen molar-refractivity contribution in [2.75, 3.05) is 20.6 Å². The number of hydrogen-bond donors (Lipinski definition) is 1. The van der Waals surface area contributed by atoms with Gasteiger partial charge in [0.1, 0.15) is 11.8 Å². The Morgan fingerprint density at radius 1 is 1.32 bits per heavy atom. The molecule has 4 heteroatoms. The largest absolute Gasteiger partial charge is 0.449 e. The average molecular weight is 261 g/mol. The van der Waals surface area contributed by atoms with Crippen molar-refractivity contribution in [2.45, 2.75) is 44.2 Å². The van der Waals surface area contributed by atoms with Gasteiger partial charge >= 0.3 is 0 Å². The van der Waals surface area contributed by atoms with Gasteiger partial charge in [0.15, 0.2) is 0 Å². The van der Waals surface area contributed by atoms with Crippen LogP contribution in [0.25, 0.3) is 0 Å². The normalized spacial score (nSPS) is 18.4. The van der Waals surface area contributed by atoms with Crippen LogP contribution in [0.15, 0.2) is 16.5 Å². The second-order valence-electron chi connectivity index (χ2n) is 5.66. The fourth-order valence-electron chi connectivity index (χ4n) is 2.94. The van der Waals surface area contributed by atoms with Crippen LogP contribution in [0.1, 0.15) is 43.6 Å². The summed E-state index contributed by atoms with van der Waals surface area (Å²) >= 11 is 0. The summed E-state index contributed by atoms with van der Waals surface area (Å²) < 4.78 is 5.38. The van der Waals surface area contributed by atoms with E-state index in [9.17, 15) is 0 Å². The van der Waals surface area contributed by atoms with E-state index >= 15 is 0 Å². The lowest BCUT2D eigenvalue weighted by atomic mass is 9.80. The second kappa shape index (κ2) is 6.23. The Bertz CT molecular complexity index is 438. The fraction of sp³-hybridized carbons (Fsp3) is 0.667. The second-order valence-corrected chi connectivity index (χ2v) is 5.66. The first kappa shape index (κ1) is 14.1. The van der Waals surface area contributed by atoms with Crippen molar-refractivity contribution in [3.63, 3.8) is 0 Å². The zero-order valence-electron chi connectivity index (χ0n) is 11.9. The molecule has 0 bridgehead atoms. The number of nitrogens with zero attached hydrogens (tertiary/aromatic N) is 2. The molecule has 0 saturated heterocycles. The van der Waals surface area contributed by atoms with Crippen molar-refractivity contribution in [3.05, 3.63) is 23.7 Å². The van der Waals surface area contributed by atoms with Crippen molar-refractivity contribution >= 4 is 0 Å². The summed E-state index contributed by atoms with van der Waals surface area (Å²) in [5.74, 6) is 1.22. The van der Waals surface area contributed by atoms with Crippen LogP contribution < -0.4 is 5.32 Å². The quantitative estimate of drug-likeness (QED) is 0.885. The third kappa shape index (κ3) is 3.37. The Balaban J connectivity index is 1.87. The summed E-state index contributed by atoms with van der Waals surface area (Å²) in [6.45, 7) is 1.67. The van der Waals surface area contributed by atoms with Gasteiger partial charge in [-0.3, -0.25) is 0 Å². The van der Waals surface area contributed by atoms with E-state index < -0.39 is 0 Å². The number of nitrogens with one attached hydrogen (secondary N) is 1. The van der Waals surface area contributed by atoms with Crippen molar-refractivity contribution < 1.29 is 4.42 Å². The van der Waals surface area contributed by atoms with E-state index in [1.165, 1.54) is 32.1 Å². The molecule has 1 aromatic heterocycles. The predicted molar refractivity (Wildman–Crippen MR) is 74.6 cm³/mol. The highest BCUT2D eigenvalue weighted by Crippen LogP contribution is 2.31. The molecular formula is C15H23N3O. The maximum atomic E-state index is 8.72. The summed E-state index contributed by atoms with van der Waals surface area (Å²) in [5, 5.41) is 12.2. The summed E-state index contributed by atoms with van der Waals surface area (Å²) in [6, 6.07) is 5.60. The maximum absolute atomic E-state index is 8.72. The zero-order chi connectivity index (χ0) is 13.7. The molecule has 1 heterocycles. The lowest BCUT2D eigenvalue weighted by Crippen LogP contribution is -2.52. The van der Waals surface area contributed by atoms with E-state index in [-0.39, 0.29) is 5.54 Å².